The van der Waals surface area contributed by atoms with E-state index in [-0.39, 0.29) is 36.0 Å². The van der Waals surface area contributed by atoms with Gasteiger partial charge in [0.25, 0.3) is 0 Å². The maximum atomic E-state index is 11.8. The Labute approximate surface area is 251 Å². The first-order chi connectivity index (χ1) is 19.9. The number of ether oxygens (including phenoxy) is 2. The number of unbranched alkanes of at least 4 members (excludes halogenated alkanes) is 13. The van der Waals surface area contributed by atoms with E-state index in [2.05, 4.69) is 19.1 Å². The highest BCUT2D eigenvalue weighted by Crippen LogP contribution is 2.29. The van der Waals surface area contributed by atoms with Gasteiger partial charge in [0.15, 0.2) is 0 Å². The van der Waals surface area contributed by atoms with Crippen LogP contribution < -0.4 is 0 Å². The number of hydrogen-bond acceptors (Lipinski definition) is 6. The van der Waals surface area contributed by atoms with Gasteiger partial charge in [0.05, 0.1) is 30.3 Å². The summed E-state index contributed by atoms with van der Waals surface area (Å²) in [5.74, 6) is -0.369. The van der Waals surface area contributed by atoms with Gasteiger partial charge in [0.2, 0.25) is 0 Å². The van der Waals surface area contributed by atoms with E-state index < -0.39 is 12.2 Å². The second-order valence-electron chi connectivity index (χ2n) is 12.8. The van der Waals surface area contributed by atoms with Gasteiger partial charge in [-0.2, -0.15) is 0 Å². The van der Waals surface area contributed by atoms with Gasteiger partial charge >= 0.3 is 5.97 Å². The van der Waals surface area contributed by atoms with E-state index in [4.69, 9.17) is 9.47 Å². The molecule has 2 aliphatic rings. The molecule has 41 heavy (non-hydrogen) atoms. The predicted molar refractivity (Wildman–Crippen MR) is 166 cm³/mol. The molecule has 2 saturated heterocycles. The van der Waals surface area contributed by atoms with Crippen LogP contribution in [0.25, 0.3) is 0 Å². The van der Waals surface area contributed by atoms with Crippen molar-refractivity contribution in [2.24, 2.45) is 5.92 Å². The Morgan fingerprint density at radius 3 is 2.02 bits per heavy atom. The number of rotatable bonds is 25. The maximum absolute atomic E-state index is 11.8. The van der Waals surface area contributed by atoms with E-state index in [1.54, 1.807) is 0 Å². The van der Waals surface area contributed by atoms with Gasteiger partial charge in [-0.25, -0.2) is 0 Å². The lowest BCUT2D eigenvalue weighted by Crippen LogP contribution is -2.30. The van der Waals surface area contributed by atoms with E-state index in [1.807, 2.05) is 0 Å². The van der Waals surface area contributed by atoms with Crippen LogP contribution in [0.5, 0.6) is 0 Å². The summed E-state index contributed by atoms with van der Waals surface area (Å²) in [6.45, 7) is 3.79. The van der Waals surface area contributed by atoms with Crippen molar-refractivity contribution < 1.29 is 29.3 Å². The average molecular weight is 579 g/mol. The van der Waals surface area contributed by atoms with Crippen LogP contribution in [0.4, 0.5) is 0 Å². The minimum atomic E-state index is -0.464. The topological polar surface area (TPSA) is 93.1 Å². The summed E-state index contributed by atoms with van der Waals surface area (Å²) in [5.41, 5.74) is 0. The zero-order chi connectivity index (χ0) is 29.7. The number of esters is 1. The van der Waals surface area contributed by atoms with Gasteiger partial charge in [-0.3, -0.25) is 4.79 Å². The zero-order valence-corrected chi connectivity index (χ0v) is 26.4. The number of cyclic esters (lactones) is 1. The van der Waals surface area contributed by atoms with Crippen LogP contribution in [-0.4, -0.2) is 52.5 Å². The molecule has 0 aromatic carbocycles. The quantitative estimate of drug-likeness (QED) is 0.0645. The summed E-state index contributed by atoms with van der Waals surface area (Å²) in [6.07, 6.45) is 27.7. The molecule has 6 nitrogen and oxygen atoms in total. The Bertz CT molecular complexity index is 721. The largest absolute Gasteiger partial charge is 0.462 e. The average Bonchev–Trinajstić information content (AvgIpc) is 3.57. The summed E-state index contributed by atoms with van der Waals surface area (Å²) < 4.78 is 11.5. The second-order valence-corrected chi connectivity index (χ2v) is 12.8. The molecule has 0 aromatic heterocycles. The third kappa shape index (κ3) is 16.3. The summed E-state index contributed by atoms with van der Waals surface area (Å²) in [6, 6.07) is 0. The SMILES string of the molecule is CCCCCCCCCCCC[C@@H](O)[C@H]1CC[C@H]([C@H](O)CC/C=C\CCCCCC[C@H]2C[C@@H](CC(C)=O)C(=O)O2)O1. The van der Waals surface area contributed by atoms with Gasteiger partial charge in [-0.15, -0.1) is 0 Å². The highest BCUT2D eigenvalue weighted by Gasteiger charge is 2.35. The molecule has 238 valence electrons. The molecule has 6 atom stereocenters. The first-order valence-electron chi connectivity index (χ1n) is 17.3. The molecular weight excluding hydrogens is 516 g/mol. The van der Waals surface area contributed by atoms with Crippen LogP contribution in [0.1, 0.15) is 162 Å². The fraction of sp³-hybridized carbons (Fsp3) is 0.886. The molecule has 6 heteroatoms. The van der Waals surface area contributed by atoms with Crippen LogP contribution in [0.2, 0.25) is 0 Å². The van der Waals surface area contributed by atoms with Crippen molar-refractivity contribution in [3.8, 4) is 0 Å². The molecule has 0 spiro atoms. The zero-order valence-electron chi connectivity index (χ0n) is 26.4. The molecule has 0 amide bonds. The molecule has 0 saturated carbocycles. The molecular formula is C35H62O6. The highest BCUT2D eigenvalue weighted by molar-refractivity contribution is 5.83. The van der Waals surface area contributed by atoms with Gasteiger partial charge in [0.1, 0.15) is 11.9 Å². The molecule has 0 aromatic rings. The lowest BCUT2D eigenvalue weighted by atomic mass is 9.97. The maximum Gasteiger partial charge on any atom is 0.309 e. The molecule has 0 bridgehead atoms. The van der Waals surface area contributed by atoms with Gasteiger partial charge < -0.3 is 24.5 Å². The van der Waals surface area contributed by atoms with Crippen molar-refractivity contribution >= 4 is 11.8 Å². The number of aliphatic hydroxyl groups excluding tert-OH is 2. The molecule has 2 rings (SSSR count). The van der Waals surface area contributed by atoms with Crippen molar-refractivity contribution in [3.63, 3.8) is 0 Å². The number of hydrogen-bond donors (Lipinski definition) is 2. The van der Waals surface area contributed by atoms with Gasteiger partial charge in [-0.1, -0.05) is 96.1 Å². The number of carbonyl (C=O) groups excluding carboxylic acids is 2. The summed E-state index contributed by atoms with van der Waals surface area (Å²) in [7, 11) is 0. The van der Waals surface area contributed by atoms with Crippen LogP contribution in [0.15, 0.2) is 12.2 Å². The minimum Gasteiger partial charge on any atom is -0.462 e. The fourth-order valence-corrected chi connectivity index (χ4v) is 6.37. The summed E-state index contributed by atoms with van der Waals surface area (Å²) in [4.78, 5) is 23.1. The standard InChI is InChI=1S/C35H62O6/c1-3-4-5-6-7-8-9-13-16-19-22-31(37)33-24-25-34(41-33)32(38)23-20-17-14-11-10-12-15-18-21-30-27-29(26-28(2)36)35(39)40-30/h14,17,29-34,37-38H,3-13,15-16,18-27H2,1-2H3/b17-14-/t29-,30+,31-,32-,33-,34-/m1/s1. The van der Waals surface area contributed by atoms with Crippen molar-refractivity contribution in [2.75, 3.05) is 0 Å². The van der Waals surface area contributed by atoms with E-state index in [1.165, 1.54) is 64.7 Å². The minimum absolute atomic E-state index is 0.00917. The van der Waals surface area contributed by atoms with Crippen LogP contribution in [-0.2, 0) is 19.1 Å². The number of allylic oxidation sites excluding steroid dienone is 2. The smallest absolute Gasteiger partial charge is 0.309 e. The molecule has 2 aliphatic heterocycles. The summed E-state index contributed by atoms with van der Waals surface area (Å²) >= 11 is 0. The first kappa shape index (κ1) is 36.0. The normalized spacial score (nSPS) is 24.2. The highest BCUT2D eigenvalue weighted by atomic mass is 16.6. The van der Waals surface area contributed by atoms with Crippen molar-refractivity contribution in [1.82, 2.24) is 0 Å². The van der Waals surface area contributed by atoms with E-state index in [0.29, 0.717) is 19.3 Å². The lowest BCUT2D eigenvalue weighted by Gasteiger charge is -2.22. The van der Waals surface area contributed by atoms with Gasteiger partial charge in [-0.05, 0) is 71.1 Å². The second kappa shape index (κ2) is 22.3. The monoisotopic (exact) mass is 578 g/mol. The fourth-order valence-electron chi connectivity index (χ4n) is 6.37. The molecule has 0 aliphatic carbocycles. The molecule has 0 radical (unpaired) electrons. The molecule has 2 N–H and O–H groups in total. The number of Topliss-reactive ketones (excluding diaryl/α,β-unsaturated/α-hetero) is 1. The third-order valence-electron chi connectivity index (χ3n) is 8.94. The molecule has 2 fully saturated rings. The summed E-state index contributed by atoms with van der Waals surface area (Å²) in [5, 5.41) is 21.2. The van der Waals surface area contributed by atoms with Crippen LogP contribution in [0, 0.1) is 5.92 Å². The third-order valence-corrected chi connectivity index (χ3v) is 8.94. The Morgan fingerprint density at radius 1 is 0.805 bits per heavy atom. The number of ketones is 1. The lowest BCUT2D eigenvalue weighted by molar-refractivity contribution is -0.145. The van der Waals surface area contributed by atoms with E-state index in [9.17, 15) is 19.8 Å². The van der Waals surface area contributed by atoms with E-state index >= 15 is 0 Å². The Hall–Kier alpha value is -1.24. The first-order valence-corrected chi connectivity index (χ1v) is 17.3. The van der Waals surface area contributed by atoms with Crippen LogP contribution >= 0.6 is 0 Å². The van der Waals surface area contributed by atoms with Crippen molar-refractivity contribution in [2.45, 2.75) is 192 Å². The van der Waals surface area contributed by atoms with Crippen molar-refractivity contribution in [3.05, 3.63) is 12.2 Å². The van der Waals surface area contributed by atoms with E-state index in [0.717, 1.165) is 70.6 Å². The Morgan fingerprint density at radius 2 is 1.37 bits per heavy atom. The van der Waals surface area contributed by atoms with Crippen LogP contribution in [0.3, 0.4) is 0 Å². The Kier molecular flexibility index (Phi) is 19.6. The number of carbonyl (C=O) groups is 2. The number of aliphatic hydroxyl groups is 2. The molecule has 2 heterocycles. The van der Waals surface area contributed by atoms with Gasteiger partial charge in [0, 0.05) is 6.42 Å². The van der Waals surface area contributed by atoms with Crippen molar-refractivity contribution in [1.29, 1.82) is 0 Å². The Balaban J connectivity index is 1.40. The predicted octanol–water partition coefficient (Wildman–Crippen LogP) is 8.15. The molecule has 0 unspecified atom stereocenters.